The Morgan fingerprint density at radius 2 is 1.75 bits per heavy atom. The molecule has 2 rings (SSSR count). The van der Waals surface area contributed by atoms with Crippen LogP contribution in [0.4, 0.5) is 18.9 Å². The summed E-state index contributed by atoms with van der Waals surface area (Å²) < 4.78 is 40.4. The van der Waals surface area contributed by atoms with Gasteiger partial charge < -0.3 is 5.32 Å². The molecule has 0 saturated heterocycles. The molecule has 0 aliphatic heterocycles. The zero-order valence-corrected chi connectivity index (χ0v) is 11.1. The second-order valence-electron chi connectivity index (χ2n) is 4.16. The molecule has 0 saturated carbocycles. The molecule has 20 heavy (non-hydrogen) atoms. The van der Waals surface area contributed by atoms with E-state index >= 15 is 0 Å². The lowest BCUT2D eigenvalue weighted by atomic mass is 10.1. The zero-order valence-electron chi connectivity index (χ0n) is 10.3. The van der Waals surface area contributed by atoms with Gasteiger partial charge in [-0.05, 0) is 36.8 Å². The molecule has 0 fully saturated rings. The molecule has 0 aliphatic carbocycles. The summed E-state index contributed by atoms with van der Waals surface area (Å²) >= 11 is 5.66. The highest BCUT2D eigenvalue weighted by Crippen LogP contribution is 2.21. The summed E-state index contributed by atoms with van der Waals surface area (Å²) in [4.78, 5) is 11.8. The van der Waals surface area contributed by atoms with Crippen LogP contribution in [-0.4, -0.2) is 5.91 Å². The van der Waals surface area contributed by atoms with E-state index in [4.69, 9.17) is 11.6 Å². The molecule has 0 bridgehead atoms. The summed E-state index contributed by atoms with van der Waals surface area (Å²) in [5, 5.41) is 2.27. The Labute approximate surface area is 118 Å². The Kier molecular flexibility index (Phi) is 3.99. The van der Waals surface area contributed by atoms with Crippen molar-refractivity contribution in [3.05, 3.63) is 63.9 Å². The lowest BCUT2D eigenvalue weighted by Crippen LogP contribution is -2.15. The van der Waals surface area contributed by atoms with Gasteiger partial charge in [-0.15, -0.1) is 0 Å². The Bertz CT molecular complexity index is 688. The average Bonchev–Trinajstić information content (AvgIpc) is 2.38. The highest BCUT2D eigenvalue weighted by atomic mass is 35.5. The van der Waals surface area contributed by atoms with E-state index in [1.165, 1.54) is 13.0 Å². The first-order valence-corrected chi connectivity index (χ1v) is 5.98. The van der Waals surface area contributed by atoms with E-state index in [2.05, 4.69) is 5.32 Å². The molecule has 0 atom stereocenters. The fourth-order valence-corrected chi connectivity index (χ4v) is 1.78. The van der Waals surface area contributed by atoms with Gasteiger partial charge in [-0.2, -0.15) is 0 Å². The molecule has 1 N–H and O–H groups in total. The van der Waals surface area contributed by atoms with Crippen LogP contribution in [0.1, 0.15) is 15.9 Å². The molecule has 0 aromatic heterocycles. The summed E-state index contributed by atoms with van der Waals surface area (Å²) in [7, 11) is 0. The number of halogens is 4. The second-order valence-corrected chi connectivity index (χ2v) is 4.60. The largest absolute Gasteiger partial charge is 0.319 e. The Hall–Kier alpha value is -2.01. The van der Waals surface area contributed by atoms with Crippen LogP contribution >= 0.6 is 11.6 Å². The number of amides is 1. The average molecular weight is 300 g/mol. The van der Waals surface area contributed by atoms with Crippen LogP contribution in [0.15, 0.2) is 30.3 Å². The molecule has 0 heterocycles. The smallest absolute Gasteiger partial charge is 0.258 e. The highest BCUT2D eigenvalue weighted by molar-refractivity contribution is 6.31. The van der Waals surface area contributed by atoms with Crippen LogP contribution in [0, 0.1) is 24.4 Å². The molecule has 2 nitrogen and oxygen atoms in total. The van der Waals surface area contributed by atoms with Gasteiger partial charge in [0.2, 0.25) is 0 Å². The highest BCUT2D eigenvalue weighted by Gasteiger charge is 2.15. The maximum absolute atomic E-state index is 13.6. The van der Waals surface area contributed by atoms with Crippen molar-refractivity contribution in [2.24, 2.45) is 0 Å². The first-order valence-electron chi connectivity index (χ1n) is 5.60. The SMILES string of the molecule is Cc1cc(F)c(NC(=O)c2cc(Cl)ccc2F)cc1F. The molecular formula is C14H9ClF3NO. The molecule has 0 aliphatic rings. The minimum absolute atomic E-state index is 0.106. The summed E-state index contributed by atoms with van der Waals surface area (Å²) in [5.74, 6) is -3.19. The monoisotopic (exact) mass is 299 g/mol. The number of carbonyl (C=O) groups is 1. The van der Waals surface area contributed by atoms with Gasteiger partial charge in [-0.1, -0.05) is 11.6 Å². The standard InChI is InChI=1S/C14H9ClF3NO/c1-7-4-12(18)13(6-11(7)17)19-14(20)9-5-8(15)2-3-10(9)16/h2-6H,1H3,(H,19,20). The number of rotatable bonds is 2. The third-order valence-electron chi connectivity index (χ3n) is 2.67. The van der Waals surface area contributed by atoms with Crippen molar-refractivity contribution >= 4 is 23.2 Å². The minimum Gasteiger partial charge on any atom is -0.319 e. The maximum atomic E-state index is 13.6. The number of aryl methyl sites for hydroxylation is 1. The number of carbonyl (C=O) groups excluding carboxylic acids is 1. The molecule has 0 radical (unpaired) electrons. The fraction of sp³-hybridized carbons (Fsp3) is 0.0714. The lowest BCUT2D eigenvalue weighted by Gasteiger charge is -2.09. The van der Waals surface area contributed by atoms with Gasteiger partial charge in [-0.3, -0.25) is 4.79 Å². The van der Waals surface area contributed by atoms with E-state index in [0.29, 0.717) is 0 Å². The first kappa shape index (κ1) is 14.4. The molecule has 104 valence electrons. The molecular weight excluding hydrogens is 291 g/mol. The van der Waals surface area contributed by atoms with Crippen molar-refractivity contribution in [1.82, 2.24) is 0 Å². The van der Waals surface area contributed by atoms with Gasteiger partial charge in [0, 0.05) is 11.1 Å². The number of anilines is 1. The number of hydrogen-bond acceptors (Lipinski definition) is 1. The van der Waals surface area contributed by atoms with Crippen LogP contribution in [0.25, 0.3) is 0 Å². The first-order chi connectivity index (χ1) is 9.38. The van der Waals surface area contributed by atoms with Crippen molar-refractivity contribution in [1.29, 1.82) is 0 Å². The van der Waals surface area contributed by atoms with E-state index in [1.54, 1.807) is 0 Å². The molecule has 0 unspecified atom stereocenters. The zero-order chi connectivity index (χ0) is 14.9. The summed E-state index contributed by atoms with van der Waals surface area (Å²) in [6.45, 7) is 1.39. The van der Waals surface area contributed by atoms with Crippen LogP contribution in [0.3, 0.4) is 0 Å². The second kappa shape index (κ2) is 5.54. The van der Waals surface area contributed by atoms with Crippen LogP contribution in [0.2, 0.25) is 5.02 Å². The van der Waals surface area contributed by atoms with E-state index < -0.39 is 23.4 Å². The van der Waals surface area contributed by atoms with Crippen LogP contribution in [-0.2, 0) is 0 Å². The van der Waals surface area contributed by atoms with Crippen molar-refractivity contribution < 1.29 is 18.0 Å². The van der Waals surface area contributed by atoms with Gasteiger partial charge in [0.1, 0.15) is 17.5 Å². The van der Waals surface area contributed by atoms with Crippen molar-refractivity contribution in [3.8, 4) is 0 Å². The third-order valence-corrected chi connectivity index (χ3v) is 2.90. The Morgan fingerprint density at radius 3 is 2.45 bits per heavy atom. The lowest BCUT2D eigenvalue weighted by molar-refractivity contribution is 0.102. The maximum Gasteiger partial charge on any atom is 0.258 e. The van der Waals surface area contributed by atoms with E-state index in [9.17, 15) is 18.0 Å². The molecule has 2 aromatic carbocycles. The predicted octanol–water partition coefficient (Wildman–Crippen LogP) is 4.32. The van der Waals surface area contributed by atoms with Gasteiger partial charge >= 0.3 is 0 Å². The molecule has 2 aromatic rings. The van der Waals surface area contributed by atoms with E-state index in [-0.39, 0.29) is 21.8 Å². The fourth-order valence-electron chi connectivity index (χ4n) is 1.60. The number of nitrogens with one attached hydrogen (secondary N) is 1. The third kappa shape index (κ3) is 2.93. The number of hydrogen-bond donors (Lipinski definition) is 1. The summed E-state index contributed by atoms with van der Waals surface area (Å²) in [6.07, 6.45) is 0. The summed E-state index contributed by atoms with van der Waals surface area (Å²) in [5.41, 5.74) is -0.607. The molecule has 6 heteroatoms. The topological polar surface area (TPSA) is 29.1 Å². The van der Waals surface area contributed by atoms with E-state index in [0.717, 1.165) is 24.3 Å². The van der Waals surface area contributed by atoms with Crippen LogP contribution in [0.5, 0.6) is 0 Å². The van der Waals surface area contributed by atoms with Crippen molar-refractivity contribution in [2.75, 3.05) is 5.32 Å². The minimum atomic E-state index is -0.910. The summed E-state index contributed by atoms with van der Waals surface area (Å²) in [6, 6.07) is 5.18. The van der Waals surface area contributed by atoms with Gasteiger partial charge in [-0.25, -0.2) is 13.2 Å². The molecule has 0 spiro atoms. The van der Waals surface area contributed by atoms with E-state index in [1.807, 2.05) is 0 Å². The normalized spacial score (nSPS) is 10.4. The number of benzene rings is 2. The van der Waals surface area contributed by atoms with Crippen LogP contribution < -0.4 is 5.32 Å². The van der Waals surface area contributed by atoms with Gasteiger partial charge in [0.25, 0.3) is 5.91 Å². The van der Waals surface area contributed by atoms with Gasteiger partial charge in [0.05, 0.1) is 11.3 Å². The Balaban J connectivity index is 2.32. The Morgan fingerprint density at radius 1 is 1.05 bits per heavy atom. The predicted molar refractivity (Wildman–Crippen MR) is 70.5 cm³/mol. The quantitative estimate of drug-likeness (QED) is 0.879. The molecule has 1 amide bonds. The van der Waals surface area contributed by atoms with Crippen molar-refractivity contribution in [2.45, 2.75) is 6.92 Å². The van der Waals surface area contributed by atoms with Crippen molar-refractivity contribution in [3.63, 3.8) is 0 Å². The van der Waals surface area contributed by atoms with Gasteiger partial charge in [0.15, 0.2) is 0 Å².